The summed E-state index contributed by atoms with van der Waals surface area (Å²) >= 11 is 5.86. The highest BCUT2D eigenvalue weighted by Gasteiger charge is 2.36. The number of hydrogen-bond acceptors (Lipinski definition) is 6. The Kier molecular flexibility index (Phi) is 11.3. The van der Waals surface area contributed by atoms with E-state index in [1.807, 2.05) is 6.92 Å². The van der Waals surface area contributed by atoms with Crippen molar-refractivity contribution < 1.29 is 36.2 Å². The molecule has 2 aromatic rings. The van der Waals surface area contributed by atoms with E-state index in [0.29, 0.717) is 47.9 Å². The van der Waals surface area contributed by atoms with E-state index in [-0.39, 0.29) is 23.7 Å². The molecule has 0 unspecified atom stereocenters. The molecule has 3 rings (SSSR count). The SMILES string of the molecule is CCn1nc(C(=O)NCC2(O)CCC(C)CC2)c(Cl)c1-c1ccc(C[C@@H](C)C(F)(F)F)cc1OC.O=S=O. The number of alkyl halides is 3. The van der Waals surface area contributed by atoms with Crippen LogP contribution in [0.2, 0.25) is 5.02 Å². The van der Waals surface area contributed by atoms with Crippen LogP contribution in [0.1, 0.15) is 62.5 Å². The molecule has 0 saturated heterocycles. The Morgan fingerprint density at radius 1 is 1.34 bits per heavy atom. The first-order valence-electron chi connectivity index (χ1n) is 12.2. The molecule has 1 atom stereocenters. The molecule has 1 aliphatic carbocycles. The molecule has 0 radical (unpaired) electrons. The van der Waals surface area contributed by atoms with Crippen molar-refractivity contribution in [1.29, 1.82) is 0 Å². The molecule has 38 heavy (non-hydrogen) atoms. The molecular formula is C25H33ClF3N3O5S. The summed E-state index contributed by atoms with van der Waals surface area (Å²) in [6.07, 6.45) is -1.43. The molecule has 0 aliphatic heterocycles. The van der Waals surface area contributed by atoms with E-state index >= 15 is 0 Å². The Morgan fingerprint density at radius 2 is 1.95 bits per heavy atom. The van der Waals surface area contributed by atoms with Gasteiger partial charge in [0.15, 0.2) is 5.69 Å². The fourth-order valence-electron chi connectivity index (χ4n) is 4.40. The maximum absolute atomic E-state index is 13.0. The maximum Gasteiger partial charge on any atom is 0.391 e. The number of carbonyl (C=O) groups is 1. The molecule has 1 amide bonds. The molecule has 1 saturated carbocycles. The van der Waals surface area contributed by atoms with Gasteiger partial charge in [-0.05, 0) is 62.6 Å². The van der Waals surface area contributed by atoms with Crippen LogP contribution in [0.25, 0.3) is 11.3 Å². The zero-order valence-corrected chi connectivity index (χ0v) is 23.3. The fourth-order valence-corrected chi connectivity index (χ4v) is 4.73. The van der Waals surface area contributed by atoms with E-state index in [2.05, 4.69) is 17.3 Å². The van der Waals surface area contributed by atoms with E-state index in [4.69, 9.17) is 24.8 Å². The minimum absolute atomic E-state index is 0.0214. The van der Waals surface area contributed by atoms with Gasteiger partial charge in [0.25, 0.3) is 5.91 Å². The highest BCUT2D eigenvalue weighted by molar-refractivity contribution is 7.51. The molecule has 2 N–H and O–H groups in total. The van der Waals surface area contributed by atoms with Crippen molar-refractivity contribution in [2.75, 3.05) is 13.7 Å². The topological polar surface area (TPSA) is 111 Å². The number of benzene rings is 1. The number of carbonyl (C=O) groups excluding carboxylic acids is 1. The highest BCUT2D eigenvalue weighted by atomic mass is 35.5. The first-order valence-corrected chi connectivity index (χ1v) is 13.3. The number of amides is 1. The second kappa shape index (κ2) is 13.6. The lowest BCUT2D eigenvalue weighted by molar-refractivity contribution is -0.169. The summed E-state index contributed by atoms with van der Waals surface area (Å²) in [5.41, 5.74) is 0.512. The van der Waals surface area contributed by atoms with E-state index < -0.39 is 35.2 Å². The number of aliphatic hydroxyl groups is 1. The summed E-state index contributed by atoms with van der Waals surface area (Å²) in [7, 11) is 1.43. The van der Waals surface area contributed by atoms with Crippen LogP contribution < -0.4 is 10.1 Å². The Bertz CT molecular complexity index is 1140. The van der Waals surface area contributed by atoms with Crippen molar-refractivity contribution in [3.05, 3.63) is 34.5 Å². The van der Waals surface area contributed by atoms with Crippen molar-refractivity contribution in [3.63, 3.8) is 0 Å². The molecular weight excluding hydrogens is 547 g/mol. The van der Waals surface area contributed by atoms with Gasteiger partial charge in [-0.15, -0.1) is 0 Å². The van der Waals surface area contributed by atoms with Gasteiger partial charge in [0.2, 0.25) is 0 Å². The number of methoxy groups -OCH3 is 1. The summed E-state index contributed by atoms with van der Waals surface area (Å²) in [6, 6.07) is 4.79. The third-order valence-corrected chi connectivity index (χ3v) is 7.17. The minimum atomic E-state index is -4.29. The van der Waals surface area contributed by atoms with Crippen LogP contribution in [0.5, 0.6) is 5.75 Å². The second-order valence-electron chi connectivity index (χ2n) is 9.67. The average molecular weight is 580 g/mol. The predicted molar refractivity (Wildman–Crippen MR) is 138 cm³/mol. The monoisotopic (exact) mass is 579 g/mol. The summed E-state index contributed by atoms with van der Waals surface area (Å²) in [5.74, 6) is -1.10. The fraction of sp³-hybridized carbons (Fsp3) is 0.600. The average Bonchev–Trinajstić information content (AvgIpc) is 3.20. The number of rotatable bonds is 8. The van der Waals surface area contributed by atoms with Crippen molar-refractivity contribution >= 4 is 29.1 Å². The standard InChI is InChI=1S/C25H33ClF3N3O3.O2S/c1-5-32-22(18-7-6-17(13-19(18)35-4)12-16(3)25(27,28)29)20(26)21(31-32)23(33)30-14-24(34)10-8-15(2)9-11-24;1-3-2/h6-7,13,15-16,34H,5,8-12,14H2,1-4H3,(H,30,33);/t15?,16-,24?;/m1./s1. The molecule has 1 heterocycles. The first kappa shape index (κ1) is 31.8. The minimum Gasteiger partial charge on any atom is -0.496 e. The van der Waals surface area contributed by atoms with Gasteiger partial charge in [0.1, 0.15) is 5.75 Å². The van der Waals surface area contributed by atoms with Crippen LogP contribution in [0, 0.1) is 11.8 Å². The summed E-state index contributed by atoms with van der Waals surface area (Å²) in [6.45, 7) is 5.64. The van der Waals surface area contributed by atoms with Gasteiger partial charge < -0.3 is 15.2 Å². The lowest BCUT2D eigenvalue weighted by Gasteiger charge is -2.34. The summed E-state index contributed by atoms with van der Waals surface area (Å²) in [4.78, 5) is 12.9. The number of nitrogens with one attached hydrogen (secondary N) is 1. The Balaban J connectivity index is 0.00000161. The number of aryl methyl sites for hydroxylation is 1. The molecule has 1 aromatic heterocycles. The van der Waals surface area contributed by atoms with Crippen molar-refractivity contribution in [2.24, 2.45) is 11.8 Å². The van der Waals surface area contributed by atoms with Crippen LogP contribution in [0.3, 0.4) is 0 Å². The Morgan fingerprint density at radius 3 is 2.47 bits per heavy atom. The number of nitrogens with zero attached hydrogens (tertiary/aromatic N) is 2. The number of ether oxygens (including phenoxy) is 1. The molecule has 13 heteroatoms. The Hall–Kier alpha value is -2.44. The van der Waals surface area contributed by atoms with Gasteiger partial charge >= 0.3 is 17.7 Å². The summed E-state index contributed by atoms with van der Waals surface area (Å²) in [5, 5.41) is 18.0. The van der Waals surface area contributed by atoms with Crippen LogP contribution in [0.15, 0.2) is 18.2 Å². The molecule has 0 spiro atoms. The number of halogens is 4. The van der Waals surface area contributed by atoms with Crippen LogP contribution in [-0.2, 0) is 24.5 Å². The molecule has 1 aliphatic rings. The lowest BCUT2D eigenvalue weighted by atomic mass is 9.79. The number of aromatic nitrogens is 2. The maximum atomic E-state index is 13.0. The molecule has 1 fully saturated rings. The van der Waals surface area contributed by atoms with Crippen LogP contribution in [-0.4, -0.2) is 54.6 Å². The van der Waals surface area contributed by atoms with Crippen molar-refractivity contribution in [1.82, 2.24) is 15.1 Å². The van der Waals surface area contributed by atoms with Crippen molar-refractivity contribution in [3.8, 4) is 17.0 Å². The van der Waals surface area contributed by atoms with E-state index in [0.717, 1.165) is 19.8 Å². The van der Waals surface area contributed by atoms with Gasteiger partial charge in [-0.2, -0.15) is 26.7 Å². The van der Waals surface area contributed by atoms with E-state index in [1.54, 1.807) is 22.9 Å². The smallest absolute Gasteiger partial charge is 0.391 e. The van der Waals surface area contributed by atoms with Gasteiger partial charge in [-0.1, -0.05) is 31.5 Å². The zero-order chi connectivity index (χ0) is 28.7. The second-order valence-corrected chi connectivity index (χ2v) is 10.2. The number of hydrogen-bond donors (Lipinski definition) is 2. The molecule has 212 valence electrons. The van der Waals surface area contributed by atoms with Crippen molar-refractivity contribution in [2.45, 2.75) is 71.2 Å². The van der Waals surface area contributed by atoms with Gasteiger partial charge in [-0.25, -0.2) is 0 Å². The van der Waals surface area contributed by atoms with Crippen LogP contribution >= 0.6 is 11.6 Å². The molecule has 0 bridgehead atoms. The largest absolute Gasteiger partial charge is 0.496 e. The van der Waals surface area contributed by atoms with E-state index in [9.17, 15) is 23.1 Å². The third-order valence-electron chi connectivity index (χ3n) is 6.81. The van der Waals surface area contributed by atoms with Gasteiger partial charge in [-0.3, -0.25) is 9.48 Å². The normalized spacial score (nSPS) is 20.2. The lowest BCUT2D eigenvalue weighted by Crippen LogP contribution is -2.45. The predicted octanol–water partition coefficient (Wildman–Crippen LogP) is 4.97. The third kappa shape index (κ3) is 8.03. The van der Waals surface area contributed by atoms with Gasteiger partial charge in [0.05, 0.1) is 29.3 Å². The summed E-state index contributed by atoms with van der Waals surface area (Å²) < 4.78 is 62.6. The molecule has 8 nitrogen and oxygen atoms in total. The quantitative estimate of drug-likeness (QED) is 0.457. The van der Waals surface area contributed by atoms with Gasteiger partial charge in [0, 0.05) is 18.7 Å². The Labute approximate surface area is 228 Å². The van der Waals surface area contributed by atoms with E-state index in [1.165, 1.54) is 7.11 Å². The highest BCUT2D eigenvalue weighted by Crippen LogP contribution is 2.39. The first-order chi connectivity index (χ1) is 17.8. The zero-order valence-electron chi connectivity index (χ0n) is 21.7. The van der Waals surface area contributed by atoms with Crippen LogP contribution in [0.4, 0.5) is 13.2 Å². The molecule has 1 aromatic carbocycles.